The van der Waals surface area contributed by atoms with Crippen molar-refractivity contribution in [2.75, 3.05) is 17.6 Å². The Bertz CT molecular complexity index is 273. The smallest absolute Gasteiger partial charge is 0.211 e. The van der Waals surface area contributed by atoms with Crippen molar-refractivity contribution < 1.29 is 8.42 Å². The summed E-state index contributed by atoms with van der Waals surface area (Å²) < 4.78 is 25.8. The number of alkyl halides is 1. The molecule has 0 aliphatic rings. The van der Waals surface area contributed by atoms with Crippen molar-refractivity contribution in [3.05, 3.63) is 0 Å². The maximum absolute atomic E-state index is 11.6. The zero-order valence-electron chi connectivity index (χ0n) is 10.0. The topological polar surface area (TPSA) is 46.2 Å². The zero-order chi connectivity index (χ0) is 12.1. The summed E-state index contributed by atoms with van der Waals surface area (Å²) in [7, 11) is -3.10. The van der Waals surface area contributed by atoms with E-state index >= 15 is 0 Å². The van der Waals surface area contributed by atoms with Gasteiger partial charge in [-0.3, -0.25) is 0 Å². The highest BCUT2D eigenvalue weighted by Gasteiger charge is 2.20. The molecular formula is C10H22BrNO2S. The molecule has 0 aromatic heterocycles. The number of halogens is 1. The third kappa shape index (κ3) is 8.22. The molecule has 15 heavy (non-hydrogen) atoms. The first kappa shape index (κ1) is 15.4. The van der Waals surface area contributed by atoms with Crippen LogP contribution in [0.15, 0.2) is 0 Å². The number of sulfonamides is 1. The van der Waals surface area contributed by atoms with Gasteiger partial charge in [0.2, 0.25) is 10.0 Å². The quantitative estimate of drug-likeness (QED) is 0.734. The molecule has 0 bridgehead atoms. The van der Waals surface area contributed by atoms with Crippen molar-refractivity contribution in [3.63, 3.8) is 0 Å². The fourth-order valence-electron chi connectivity index (χ4n) is 1.15. The molecule has 0 rings (SSSR count). The van der Waals surface area contributed by atoms with Crippen LogP contribution in [0.3, 0.4) is 0 Å². The van der Waals surface area contributed by atoms with E-state index in [1.54, 1.807) is 0 Å². The highest BCUT2D eigenvalue weighted by atomic mass is 79.9. The van der Waals surface area contributed by atoms with Crippen LogP contribution >= 0.6 is 15.9 Å². The molecule has 0 aromatic rings. The van der Waals surface area contributed by atoms with Gasteiger partial charge in [-0.1, -0.05) is 43.6 Å². The Balaban J connectivity index is 4.14. The monoisotopic (exact) mass is 299 g/mol. The third-order valence-corrected chi connectivity index (χ3v) is 4.18. The van der Waals surface area contributed by atoms with Gasteiger partial charge < -0.3 is 0 Å². The molecule has 0 saturated heterocycles. The molecule has 0 unspecified atom stereocenters. The lowest BCUT2D eigenvalue weighted by molar-refractivity contribution is 0.354. The molecule has 0 aliphatic heterocycles. The number of hydrogen-bond acceptors (Lipinski definition) is 2. The van der Waals surface area contributed by atoms with Gasteiger partial charge in [-0.25, -0.2) is 13.1 Å². The van der Waals surface area contributed by atoms with Crippen LogP contribution in [-0.4, -0.2) is 26.0 Å². The van der Waals surface area contributed by atoms with E-state index in [-0.39, 0.29) is 17.1 Å². The molecular weight excluding hydrogens is 278 g/mol. The standard InChI is InChI=1S/C10H22BrNO2S/c1-9(2)7-15(13,14)12-8-10(3,4)5-6-11/h9,12H,5-8H2,1-4H3. The van der Waals surface area contributed by atoms with E-state index in [1.165, 1.54) is 0 Å². The second kappa shape index (κ2) is 6.21. The molecule has 0 aromatic carbocycles. The van der Waals surface area contributed by atoms with Crippen molar-refractivity contribution in [2.24, 2.45) is 11.3 Å². The van der Waals surface area contributed by atoms with E-state index in [4.69, 9.17) is 0 Å². The second-order valence-corrected chi connectivity index (χ2v) is 7.74. The Morgan fingerprint density at radius 2 is 1.87 bits per heavy atom. The number of rotatable bonds is 7. The molecule has 3 nitrogen and oxygen atoms in total. The molecule has 0 heterocycles. The van der Waals surface area contributed by atoms with E-state index < -0.39 is 10.0 Å². The van der Waals surface area contributed by atoms with Gasteiger partial charge in [-0.2, -0.15) is 0 Å². The van der Waals surface area contributed by atoms with E-state index in [0.29, 0.717) is 6.54 Å². The van der Waals surface area contributed by atoms with Gasteiger partial charge in [0.1, 0.15) is 0 Å². The Morgan fingerprint density at radius 3 is 2.27 bits per heavy atom. The molecule has 0 spiro atoms. The molecule has 0 aliphatic carbocycles. The second-order valence-electron chi connectivity index (χ2n) is 5.10. The van der Waals surface area contributed by atoms with Crippen molar-refractivity contribution >= 4 is 26.0 Å². The fraction of sp³-hybridized carbons (Fsp3) is 1.00. The molecule has 5 heteroatoms. The van der Waals surface area contributed by atoms with E-state index in [1.807, 2.05) is 13.8 Å². The molecule has 0 fully saturated rings. The minimum atomic E-state index is -3.10. The summed E-state index contributed by atoms with van der Waals surface area (Å²) in [5.74, 6) is 0.374. The maximum atomic E-state index is 11.6. The average molecular weight is 300 g/mol. The number of hydrogen-bond donors (Lipinski definition) is 1. The van der Waals surface area contributed by atoms with Gasteiger partial charge in [0.05, 0.1) is 5.75 Å². The first-order valence-electron chi connectivity index (χ1n) is 5.22. The number of nitrogens with one attached hydrogen (secondary N) is 1. The minimum absolute atomic E-state index is 0.00749. The van der Waals surface area contributed by atoms with Gasteiger partial charge in [0.25, 0.3) is 0 Å². The first-order chi connectivity index (χ1) is 6.68. The molecule has 1 N–H and O–H groups in total. The van der Waals surface area contributed by atoms with Crippen LogP contribution in [0.25, 0.3) is 0 Å². The lowest BCUT2D eigenvalue weighted by Gasteiger charge is -2.24. The summed E-state index contributed by atoms with van der Waals surface area (Å²) in [6.07, 6.45) is 0.956. The Hall–Kier alpha value is 0.390. The van der Waals surface area contributed by atoms with Gasteiger partial charge in [-0.15, -0.1) is 0 Å². The van der Waals surface area contributed by atoms with Crippen LogP contribution in [0.5, 0.6) is 0 Å². The van der Waals surface area contributed by atoms with E-state index in [2.05, 4.69) is 34.5 Å². The van der Waals surface area contributed by atoms with Gasteiger partial charge in [-0.05, 0) is 17.8 Å². The molecule has 0 saturated carbocycles. The van der Waals surface area contributed by atoms with Crippen LogP contribution in [0.1, 0.15) is 34.1 Å². The van der Waals surface area contributed by atoms with Crippen LogP contribution in [0.2, 0.25) is 0 Å². The normalized spacial score (nSPS) is 13.5. The summed E-state index contributed by atoms with van der Waals surface area (Å²) in [6, 6.07) is 0. The van der Waals surface area contributed by atoms with Crippen molar-refractivity contribution in [1.82, 2.24) is 4.72 Å². The largest absolute Gasteiger partial charge is 0.215 e. The lowest BCUT2D eigenvalue weighted by Crippen LogP contribution is -2.36. The van der Waals surface area contributed by atoms with Crippen molar-refractivity contribution in [3.8, 4) is 0 Å². The molecule has 0 amide bonds. The Morgan fingerprint density at radius 1 is 1.33 bits per heavy atom. The summed E-state index contributed by atoms with van der Waals surface area (Å²) in [5, 5.41) is 0.895. The third-order valence-electron chi connectivity index (χ3n) is 2.09. The van der Waals surface area contributed by atoms with Gasteiger partial charge >= 0.3 is 0 Å². The zero-order valence-corrected chi connectivity index (χ0v) is 12.4. The van der Waals surface area contributed by atoms with Gasteiger partial charge in [0, 0.05) is 11.9 Å². The van der Waals surface area contributed by atoms with Crippen molar-refractivity contribution in [2.45, 2.75) is 34.1 Å². The highest BCUT2D eigenvalue weighted by Crippen LogP contribution is 2.20. The first-order valence-corrected chi connectivity index (χ1v) is 7.99. The molecule has 0 radical (unpaired) electrons. The average Bonchev–Trinajstić information content (AvgIpc) is 1.99. The van der Waals surface area contributed by atoms with Crippen molar-refractivity contribution in [1.29, 1.82) is 0 Å². The Labute approximate surface area is 102 Å². The van der Waals surface area contributed by atoms with Crippen LogP contribution < -0.4 is 4.72 Å². The van der Waals surface area contributed by atoms with E-state index in [9.17, 15) is 8.42 Å². The minimum Gasteiger partial charge on any atom is -0.215 e. The van der Waals surface area contributed by atoms with Gasteiger partial charge in [0.15, 0.2) is 0 Å². The maximum Gasteiger partial charge on any atom is 0.211 e. The SMILES string of the molecule is CC(C)CS(=O)(=O)NCC(C)(C)CCBr. The molecule has 92 valence electrons. The van der Waals surface area contributed by atoms with Crippen LogP contribution in [0, 0.1) is 11.3 Å². The summed E-state index contributed by atoms with van der Waals surface area (Å²) >= 11 is 3.37. The molecule has 0 atom stereocenters. The fourth-order valence-corrected chi connectivity index (χ4v) is 3.83. The Kier molecular flexibility index (Phi) is 6.37. The van der Waals surface area contributed by atoms with E-state index in [0.717, 1.165) is 11.8 Å². The van der Waals surface area contributed by atoms with Crippen LogP contribution in [0.4, 0.5) is 0 Å². The predicted molar refractivity (Wildman–Crippen MR) is 68.8 cm³/mol. The summed E-state index contributed by atoms with van der Waals surface area (Å²) in [5.41, 5.74) is 0.00749. The predicted octanol–water partition coefficient (Wildman–Crippen LogP) is 2.37. The highest BCUT2D eigenvalue weighted by molar-refractivity contribution is 9.09. The summed E-state index contributed by atoms with van der Waals surface area (Å²) in [4.78, 5) is 0. The lowest BCUT2D eigenvalue weighted by atomic mass is 9.91. The van der Waals surface area contributed by atoms with Crippen LogP contribution in [-0.2, 0) is 10.0 Å². The summed E-state index contributed by atoms with van der Waals surface area (Å²) in [6.45, 7) is 8.44.